The molecule has 0 saturated carbocycles. The number of piperidine rings is 1. The van der Waals surface area contributed by atoms with Gasteiger partial charge in [0.1, 0.15) is 11.9 Å². The SMILES string of the molecule is Cc1cc(C(=O)N2CCCCC2C)ccc1NC(=O)[C@H](C)N=C1NS(=O)(=O)c2ccccc21. The van der Waals surface area contributed by atoms with Gasteiger partial charge in [-0.25, -0.2) is 8.42 Å². The van der Waals surface area contributed by atoms with Gasteiger partial charge in [-0.3, -0.25) is 19.3 Å². The molecule has 0 aromatic heterocycles. The van der Waals surface area contributed by atoms with E-state index in [0.29, 0.717) is 16.8 Å². The molecule has 0 aliphatic carbocycles. The lowest BCUT2D eigenvalue weighted by Crippen LogP contribution is -2.42. The van der Waals surface area contributed by atoms with E-state index in [1.54, 1.807) is 43.3 Å². The third-order valence-electron chi connectivity index (χ3n) is 6.16. The molecule has 1 saturated heterocycles. The van der Waals surface area contributed by atoms with Crippen molar-refractivity contribution in [2.75, 3.05) is 11.9 Å². The van der Waals surface area contributed by atoms with Crippen LogP contribution in [0.3, 0.4) is 0 Å². The minimum atomic E-state index is -3.67. The number of anilines is 1. The van der Waals surface area contributed by atoms with Gasteiger partial charge in [0.15, 0.2) is 0 Å². The Morgan fingerprint density at radius 1 is 1.18 bits per heavy atom. The average molecular weight is 469 g/mol. The van der Waals surface area contributed by atoms with Gasteiger partial charge in [-0.15, -0.1) is 0 Å². The number of fused-ring (bicyclic) bond motifs is 1. The Morgan fingerprint density at radius 3 is 2.67 bits per heavy atom. The fourth-order valence-electron chi connectivity index (χ4n) is 4.22. The van der Waals surface area contributed by atoms with Crippen molar-refractivity contribution in [1.82, 2.24) is 9.62 Å². The molecule has 2 aromatic rings. The van der Waals surface area contributed by atoms with Crippen molar-refractivity contribution in [3.8, 4) is 0 Å². The van der Waals surface area contributed by atoms with Crippen molar-refractivity contribution in [2.24, 2.45) is 4.99 Å². The zero-order valence-corrected chi connectivity index (χ0v) is 19.8. The monoisotopic (exact) mass is 468 g/mol. The maximum atomic E-state index is 12.9. The van der Waals surface area contributed by atoms with Gasteiger partial charge >= 0.3 is 0 Å². The maximum Gasteiger partial charge on any atom is 0.263 e. The summed E-state index contributed by atoms with van der Waals surface area (Å²) in [4.78, 5) is 32.0. The van der Waals surface area contributed by atoms with Crippen LogP contribution in [0.15, 0.2) is 52.4 Å². The van der Waals surface area contributed by atoms with Crippen LogP contribution >= 0.6 is 0 Å². The van der Waals surface area contributed by atoms with Gasteiger partial charge in [0.05, 0.1) is 4.90 Å². The van der Waals surface area contributed by atoms with Crippen LogP contribution in [-0.4, -0.2) is 49.6 Å². The molecular weight excluding hydrogens is 440 g/mol. The van der Waals surface area contributed by atoms with Gasteiger partial charge in [-0.1, -0.05) is 12.1 Å². The van der Waals surface area contributed by atoms with Gasteiger partial charge in [-0.2, -0.15) is 0 Å². The summed E-state index contributed by atoms with van der Waals surface area (Å²) in [7, 11) is -3.67. The van der Waals surface area contributed by atoms with E-state index in [2.05, 4.69) is 22.0 Å². The van der Waals surface area contributed by atoms with E-state index in [1.165, 1.54) is 6.07 Å². The van der Waals surface area contributed by atoms with Crippen molar-refractivity contribution >= 4 is 33.4 Å². The van der Waals surface area contributed by atoms with Gasteiger partial charge in [0, 0.05) is 29.4 Å². The molecule has 33 heavy (non-hydrogen) atoms. The second-order valence-corrected chi connectivity index (χ2v) is 10.3. The number of likely N-dealkylation sites (tertiary alicyclic amines) is 1. The molecule has 2 aliphatic heterocycles. The minimum Gasteiger partial charge on any atom is -0.336 e. The summed E-state index contributed by atoms with van der Waals surface area (Å²) in [5, 5.41) is 2.83. The van der Waals surface area contributed by atoms with E-state index >= 15 is 0 Å². The summed E-state index contributed by atoms with van der Waals surface area (Å²) in [6.45, 7) is 6.28. The van der Waals surface area contributed by atoms with E-state index in [0.717, 1.165) is 31.4 Å². The summed E-state index contributed by atoms with van der Waals surface area (Å²) < 4.78 is 26.9. The summed E-state index contributed by atoms with van der Waals surface area (Å²) in [5.41, 5.74) is 2.40. The topological polar surface area (TPSA) is 108 Å². The molecule has 9 heteroatoms. The van der Waals surface area contributed by atoms with Gasteiger partial charge < -0.3 is 10.2 Å². The zero-order valence-electron chi connectivity index (χ0n) is 19.0. The first-order valence-electron chi connectivity index (χ1n) is 11.1. The number of hydrogen-bond donors (Lipinski definition) is 2. The number of amides is 2. The Kier molecular flexibility index (Phi) is 6.25. The lowest BCUT2D eigenvalue weighted by atomic mass is 10.0. The Morgan fingerprint density at radius 2 is 1.94 bits per heavy atom. The number of aliphatic imine (C=N–C) groups is 1. The van der Waals surface area contributed by atoms with Crippen LogP contribution in [0.1, 0.15) is 54.6 Å². The molecule has 2 atom stereocenters. The largest absolute Gasteiger partial charge is 0.336 e. The first-order chi connectivity index (χ1) is 15.7. The second-order valence-electron chi connectivity index (χ2n) is 8.62. The quantitative estimate of drug-likeness (QED) is 0.719. The van der Waals surface area contributed by atoms with Crippen LogP contribution in [0.2, 0.25) is 0 Å². The molecule has 0 radical (unpaired) electrons. The molecule has 1 unspecified atom stereocenters. The normalized spacial score (nSPS) is 21.2. The van der Waals surface area contributed by atoms with Gasteiger partial charge in [-0.05, 0) is 75.9 Å². The van der Waals surface area contributed by atoms with E-state index in [-0.39, 0.29) is 28.6 Å². The second kappa shape index (κ2) is 8.97. The third kappa shape index (κ3) is 4.64. The average Bonchev–Trinajstić information content (AvgIpc) is 3.05. The molecule has 0 spiro atoms. The van der Waals surface area contributed by atoms with Gasteiger partial charge in [0.2, 0.25) is 5.91 Å². The predicted octanol–water partition coefficient (Wildman–Crippen LogP) is 3.08. The fourth-order valence-corrected chi connectivity index (χ4v) is 5.46. The van der Waals surface area contributed by atoms with Crippen LogP contribution in [0.25, 0.3) is 0 Å². The van der Waals surface area contributed by atoms with Crippen LogP contribution in [0, 0.1) is 6.92 Å². The standard InChI is InChI=1S/C24H28N4O4S/c1-15-14-18(24(30)28-13-7-6-8-16(28)2)11-12-20(15)26-23(29)17(3)25-22-19-9-4-5-10-21(19)33(31,32)27-22/h4-5,9-12,14,16-17H,6-8,13H2,1-3H3,(H,25,27)(H,26,29)/t16?,17-/m0/s1. The number of benzene rings is 2. The Balaban J connectivity index is 1.48. The van der Waals surface area contributed by atoms with E-state index < -0.39 is 16.1 Å². The molecule has 2 aromatic carbocycles. The van der Waals surface area contributed by atoms with Crippen molar-refractivity contribution in [2.45, 2.75) is 57.0 Å². The summed E-state index contributed by atoms with van der Waals surface area (Å²) in [5.74, 6) is -0.213. The van der Waals surface area contributed by atoms with Crippen LogP contribution in [0.4, 0.5) is 5.69 Å². The number of nitrogens with one attached hydrogen (secondary N) is 2. The Labute approximate surface area is 194 Å². The molecule has 8 nitrogen and oxygen atoms in total. The Bertz CT molecular complexity index is 1240. The van der Waals surface area contributed by atoms with Crippen molar-refractivity contribution in [1.29, 1.82) is 0 Å². The van der Waals surface area contributed by atoms with Crippen LogP contribution in [-0.2, 0) is 14.8 Å². The molecule has 4 rings (SSSR count). The minimum absolute atomic E-state index is 0.00938. The van der Waals surface area contributed by atoms with E-state index in [4.69, 9.17) is 0 Å². The fraction of sp³-hybridized carbons (Fsp3) is 0.375. The molecule has 2 heterocycles. The molecule has 2 N–H and O–H groups in total. The Hall–Kier alpha value is -3.20. The van der Waals surface area contributed by atoms with Crippen LogP contribution < -0.4 is 10.0 Å². The van der Waals surface area contributed by atoms with Crippen LogP contribution in [0.5, 0.6) is 0 Å². The van der Waals surface area contributed by atoms with Gasteiger partial charge in [0.25, 0.3) is 15.9 Å². The summed E-state index contributed by atoms with van der Waals surface area (Å²) in [6, 6.07) is 11.1. The highest BCUT2D eigenvalue weighted by atomic mass is 32.2. The summed E-state index contributed by atoms with van der Waals surface area (Å²) in [6.07, 6.45) is 3.18. The zero-order chi connectivity index (χ0) is 23.8. The number of carbonyl (C=O) groups is 2. The highest BCUT2D eigenvalue weighted by molar-refractivity contribution is 7.90. The van der Waals surface area contributed by atoms with Crippen molar-refractivity contribution in [3.05, 3.63) is 59.2 Å². The van der Waals surface area contributed by atoms with Crippen molar-refractivity contribution < 1.29 is 18.0 Å². The highest BCUT2D eigenvalue weighted by Crippen LogP contribution is 2.24. The highest BCUT2D eigenvalue weighted by Gasteiger charge is 2.31. The third-order valence-corrected chi connectivity index (χ3v) is 7.56. The first-order valence-corrected chi connectivity index (χ1v) is 12.6. The molecule has 0 bridgehead atoms. The molecule has 2 amide bonds. The maximum absolute atomic E-state index is 12.9. The van der Waals surface area contributed by atoms with Crippen molar-refractivity contribution in [3.63, 3.8) is 0 Å². The van der Waals surface area contributed by atoms with E-state index in [9.17, 15) is 18.0 Å². The number of rotatable bonds is 4. The number of sulfonamides is 1. The smallest absolute Gasteiger partial charge is 0.263 e. The van der Waals surface area contributed by atoms with E-state index in [1.807, 2.05) is 11.8 Å². The number of nitrogens with zero attached hydrogens (tertiary/aromatic N) is 2. The number of amidine groups is 1. The summed E-state index contributed by atoms with van der Waals surface area (Å²) >= 11 is 0. The number of hydrogen-bond acceptors (Lipinski definition) is 5. The molecular formula is C24H28N4O4S. The predicted molar refractivity (Wildman–Crippen MR) is 127 cm³/mol. The first kappa shape index (κ1) is 23.0. The molecule has 2 aliphatic rings. The lowest BCUT2D eigenvalue weighted by Gasteiger charge is -2.33. The molecule has 174 valence electrons. The number of aryl methyl sites for hydroxylation is 1. The lowest BCUT2D eigenvalue weighted by molar-refractivity contribution is -0.117. The number of carbonyl (C=O) groups excluding carboxylic acids is 2. The molecule has 1 fully saturated rings.